The molecule has 8 heteroatoms. The Labute approximate surface area is 185 Å². The van der Waals surface area contributed by atoms with Crippen molar-refractivity contribution < 1.29 is 4.79 Å². The van der Waals surface area contributed by atoms with Gasteiger partial charge in [0.15, 0.2) is 0 Å². The molecule has 2 aromatic rings. The van der Waals surface area contributed by atoms with Crippen molar-refractivity contribution in [1.29, 1.82) is 0 Å². The van der Waals surface area contributed by atoms with Gasteiger partial charge >= 0.3 is 0 Å². The minimum Gasteiger partial charge on any atom is -0.357 e. The van der Waals surface area contributed by atoms with Gasteiger partial charge in [0.2, 0.25) is 5.91 Å². The van der Waals surface area contributed by atoms with Gasteiger partial charge in [-0.15, -0.1) is 37.2 Å². The average Bonchev–Trinajstić information content (AvgIpc) is 2.68. The summed E-state index contributed by atoms with van der Waals surface area (Å²) in [6.07, 6.45) is 6.04. The molecule has 3 rings (SSSR count). The summed E-state index contributed by atoms with van der Waals surface area (Å²) in [5.74, 6) is 6.05. The van der Waals surface area contributed by atoms with Crippen molar-refractivity contribution >= 4 is 48.9 Å². The van der Waals surface area contributed by atoms with Gasteiger partial charge < -0.3 is 4.90 Å². The fraction of sp³-hybridized carbons (Fsp3) is 0.400. The van der Waals surface area contributed by atoms with Gasteiger partial charge in [-0.1, -0.05) is 30.3 Å². The van der Waals surface area contributed by atoms with Crippen LogP contribution in [0.15, 0.2) is 42.5 Å². The van der Waals surface area contributed by atoms with E-state index >= 15 is 0 Å². The molecule has 28 heavy (non-hydrogen) atoms. The van der Waals surface area contributed by atoms with Gasteiger partial charge in [0.1, 0.15) is 5.82 Å². The van der Waals surface area contributed by atoms with Crippen molar-refractivity contribution in [3.63, 3.8) is 0 Å². The standard InChI is InChI=1S/C20H26N4O.3ClH/c21-23-20(25)15-17-9-7-16(8-10-17)11-12-18-5-4-6-19(22-18)24-13-2-1-3-14-24;;;/h4-10H,1-3,11-15,21H2,(H,23,25);3*1H. The molecule has 0 bridgehead atoms. The van der Waals surface area contributed by atoms with Gasteiger partial charge in [0.25, 0.3) is 0 Å². The molecule has 1 saturated heterocycles. The molecule has 1 aromatic carbocycles. The third-order valence-corrected chi connectivity index (χ3v) is 4.69. The molecule has 1 aromatic heterocycles. The van der Waals surface area contributed by atoms with Crippen LogP contribution in [0.1, 0.15) is 36.1 Å². The molecule has 1 aliphatic rings. The molecular weight excluding hydrogens is 419 g/mol. The quantitative estimate of drug-likeness (QED) is 0.403. The molecular formula is C20H29Cl3N4O. The number of anilines is 1. The average molecular weight is 448 g/mol. The Hall–Kier alpha value is -1.53. The van der Waals surface area contributed by atoms with E-state index in [1.807, 2.05) is 12.1 Å². The summed E-state index contributed by atoms with van der Waals surface area (Å²) >= 11 is 0. The molecule has 0 radical (unpaired) electrons. The lowest BCUT2D eigenvalue weighted by Gasteiger charge is -2.28. The van der Waals surface area contributed by atoms with E-state index in [1.165, 1.54) is 24.8 Å². The highest BCUT2D eigenvalue weighted by atomic mass is 35.5. The van der Waals surface area contributed by atoms with Gasteiger partial charge in [0.05, 0.1) is 6.42 Å². The Balaban J connectivity index is 0.00000243. The first-order valence-electron chi connectivity index (χ1n) is 9.03. The van der Waals surface area contributed by atoms with Crippen LogP contribution in [0.3, 0.4) is 0 Å². The lowest BCUT2D eigenvalue weighted by Crippen LogP contribution is -2.31. The van der Waals surface area contributed by atoms with E-state index in [0.717, 1.165) is 43.0 Å². The number of carbonyl (C=O) groups is 1. The summed E-state index contributed by atoms with van der Waals surface area (Å²) in [5.41, 5.74) is 5.51. The Morgan fingerprint density at radius 2 is 1.57 bits per heavy atom. The first-order valence-corrected chi connectivity index (χ1v) is 9.03. The minimum atomic E-state index is -0.175. The predicted octanol–water partition coefficient (Wildman–Crippen LogP) is 3.65. The number of hydrazine groups is 1. The predicted molar refractivity (Wildman–Crippen MR) is 122 cm³/mol. The third-order valence-electron chi connectivity index (χ3n) is 4.69. The van der Waals surface area contributed by atoms with Crippen LogP contribution in [0.2, 0.25) is 0 Å². The van der Waals surface area contributed by atoms with Crippen molar-refractivity contribution in [1.82, 2.24) is 10.4 Å². The largest absolute Gasteiger partial charge is 0.357 e. The molecule has 0 atom stereocenters. The number of nitrogens with zero attached hydrogens (tertiary/aromatic N) is 2. The Bertz CT molecular complexity index is 707. The number of aryl methyl sites for hydroxylation is 2. The topological polar surface area (TPSA) is 71.2 Å². The van der Waals surface area contributed by atoms with Gasteiger partial charge in [-0.05, 0) is 55.4 Å². The molecule has 5 nitrogen and oxygen atoms in total. The zero-order valence-electron chi connectivity index (χ0n) is 15.8. The number of piperidine rings is 1. The maximum atomic E-state index is 11.3. The summed E-state index contributed by atoms with van der Waals surface area (Å²) in [7, 11) is 0. The van der Waals surface area contributed by atoms with E-state index in [0.29, 0.717) is 6.42 Å². The van der Waals surface area contributed by atoms with Gasteiger partial charge in [-0.3, -0.25) is 10.2 Å². The van der Waals surface area contributed by atoms with Crippen molar-refractivity contribution in [2.75, 3.05) is 18.0 Å². The Morgan fingerprint density at radius 1 is 0.929 bits per heavy atom. The molecule has 1 aliphatic heterocycles. The van der Waals surface area contributed by atoms with E-state index in [1.54, 1.807) is 0 Å². The normalized spacial score (nSPS) is 12.8. The number of hydrogen-bond donors (Lipinski definition) is 2. The highest BCUT2D eigenvalue weighted by molar-refractivity contribution is 5.86. The van der Waals surface area contributed by atoms with Crippen LogP contribution >= 0.6 is 37.2 Å². The number of nitrogens with two attached hydrogens (primary N) is 1. The number of pyridine rings is 1. The fourth-order valence-corrected chi connectivity index (χ4v) is 3.24. The minimum absolute atomic E-state index is 0. The van der Waals surface area contributed by atoms with Crippen molar-refractivity contribution in [2.45, 2.75) is 38.5 Å². The first-order chi connectivity index (χ1) is 12.2. The monoisotopic (exact) mass is 446 g/mol. The molecule has 156 valence electrons. The molecule has 1 fully saturated rings. The molecule has 0 spiro atoms. The van der Waals surface area contributed by atoms with Gasteiger partial charge in [-0.25, -0.2) is 10.8 Å². The van der Waals surface area contributed by atoms with E-state index < -0.39 is 0 Å². The highest BCUT2D eigenvalue weighted by Gasteiger charge is 2.12. The van der Waals surface area contributed by atoms with Crippen LogP contribution in [0.4, 0.5) is 5.82 Å². The van der Waals surface area contributed by atoms with Crippen LogP contribution in [0.25, 0.3) is 0 Å². The molecule has 2 heterocycles. The maximum absolute atomic E-state index is 11.3. The zero-order valence-corrected chi connectivity index (χ0v) is 18.3. The van der Waals surface area contributed by atoms with Gasteiger partial charge in [0, 0.05) is 18.8 Å². The smallest absolute Gasteiger partial charge is 0.238 e. The van der Waals surface area contributed by atoms with Crippen molar-refractivity contribution in [2.24, 2.45) is 5.84 Å². The highest BCUT2D eigenvalue weighted by Crippen LogP contribution is 2.18. The number of halogens is 3. The third kappa shape index (κ3) is 7.84. The van der Waals surface area contributed by atoms with E-state index in [-0.39, 0.29) is 43.1 Å². The number of benzene rings is 1. The maximum Gasteiger partial charge on any atom is 0.238 e. The Kier molecular flexibility index (Phi) is 12.9. The SMILES string of the molecule is Cl.Cl.Cl.NNC(=O)Cc1ccc(CCc2cccc(N3CCCCC3)n2)cc1. The first kappa shape index (κ1) is 26.5. The van der Waals surface area contributed by atoms with Crippen LogP contribution in [-0.2, 0) is 24.1 Å². The summed E-state index contributed by atoms with van der Waals surface area (Å²) in [4.78, 5) is 18.5. The van der Waals surface area contributed by atoms with Crippen molar-refractivity contribution in [3.8, 4) is 0 Å². The van der Waals surface area contributed by atoms with E-state index in [9.17, 15) is 4.79 Å². The number of rotatable bonds is 6. The number of nitrogens with one attached hydrogen (secondary N) is 1. The van der Waals surface area contributed by atoms with Gasteiger partial charge in [-0.2, -0.15) is 0 Å². The lowest BCUT2D eigenvalue weighted by molar-refractivity contribution is -0.120. The van der Waals surface area contributed by atoms with E-state index in [2.05, 4.69) is 40.7 Å². The zero-order chi connectivity index (χ0) is 17.5. The molecule has 1 amide bonds. The molecule has 0 unspecified atom stereocenters. The van der Waals surface area contributed by atoms with Crippen LogP contribution in [0, 0.1) is 0 Å². The second-order valence-corrected chi connectivity index (χ2v) is 6.60. The number of aromatic nitrogens is 1. The van der Waals surface area contributed by atoms with Crippen LogP contribution in [-0.4, -0.2) is 24.0 Å². The summed E-state index contributed by atoms with van der Waals surface area (Å²) in [6, 6.07) is 14.5. The molecule has 0 saturated carbocycles. The number of amides is 1. The van der Waals surface area contributed by atoms with Crippen molar-refractivity contribution in [3.05, 3.63) is 59.3 Å². The fourth-order valence-electron chi connectivity index (χ4n) is 3.24. The second-order valence-electron chi connectivity index (χ2n) is 6.60. The van der Waals surface area contributed by atoms with Crippen LogP contribution in [0.5, 0.6) is 0 Å². The number of carbonyl (C=O) groups excluding carboxylic acids is 1. The summed E-state index contributed by atoms with van der Waals surface area (Å²) < 4.78 is 0. The summed E-state index contributed by atoms with van der Waals surface area (Å²) in [6.45, 7) is 2.24. The van der Waals surface area contributed by atoms with E-state index in [4.69, 9.17) is 10.8 Å². The Morgan fingerprint density at radius 3 is 2.21 bits per heavy atom. The van der Waals surface area contributed by atoms with Crippen LogP contribution < -0.4 is 16.2 Å². The lowest BCUT2D eigenvalue weighted by atomic mass is 10.0. The number of hydrogen-bond acceptors (Lipinski definition) is 4. The second kappa shape index (κ2) is 13.6. The molecule has 0 aliphatic carbocycles. The molecule has 3 N–H and O–H groups in total. The summed E-state index contributed by atoms with van der Waals surface area (Å²) in [5, 5.41) is 0.